The topological polar surface area (TPSA) is 111 Å². The van der Waals surface area contributed by atoms with Crippen LogP contribution in [-0.4, -0.2) is 75.4 Å². The average molecular weight is 484 g/mol. The summed E-state index contributed by atoms with van der Waals surface area (Å²) in [5.41, 5.74) is -0.774. The lowest BCUT2D eigenvalue weighted by Gasteiger charge is -2.37. The van der Waals surface area contributed by atoms with E-state index in [0.717, 1.165) is 17.8 Å². The zero-order valence-corrected chi connectivity index (χ0v) is 22.3. The van der Waals surface area contributed by atoms with Crippen LogP contribution in [0.1, 0.15) is 82.4 Å². The van der Waals surface area contributed by atoms with E-state index in [1.54, 1.807) is 11.9 Å². The summed E-state index contributed by atoms with van der Waals surface area (Å²) >= 11 is 1.09. The van der Waals surface area contributed by atoms with Crippen molar-refractivity contribution in [3.8, 4) is 0 Å². The first-order chi connectivity index (χ1) is 15.1. The van der Waals surface area contributed by atoms with Crippen LogP contribution >= 0.6 is 11.3 Å². The number of hydrogen-bond donors (Lipinski definition) is 2. The van der Waals surface area contributed by atoms with Crippen molar-refractivity contribution in [1.29, 1.82) is 0 Å². The molecule has 8 nitrogen and oxygen atoms in total. The van der Waals surface area contributed by atoms with Gasteiger partial charge in [0.2, 0.25) is 5.91 Å². The van der Waals surface area contributed by atoms with E-state index < -0.39 is 23.5 Å². The fourth-order valence-electron chi connectivity index (χ4n) is 3.69. The number of hydrogen-bond acceptors (Lipinski definition) is 7. The van der Waals surface area contributed by atoms with Crippen LogP contribution in [0.15, 0.2) is 5.38 Å². The van der Waals surface area contributed by atoms with Crippen molar-refractivity contribution in [2.24, 2.45) is 17.8 Å². The number of ketones is 1. The van der Waals surface area contributed by atoms with Crippen molar-refractivity contribution in [1.82, 2.24) is 14.8 Å². The van der Waals surface area contributed by atoms with Gasteiger partial charge >= 0.3 is 5.97 Å². The molecular weight excluding hydrogens is 442 g/mol. The number of carbonyl (C=O) groups is 3. The second-order valence-corrected chi connectivity index (χ2v) is 10.9. The van der Waals surface area contributed by atoms with Gasteiger partial charge in [0.15, 0.2) is 11.5 Å². The standard InChI is InChI=1S/C24H41N3O5S/c1-10-15(4)16(11-20(29)24(5,6)26(7)8)22(30)27(9)18(14(2)3)12-19(28)21-25-17(13-33-21)23(31)32/h13-16,18-19,28H,10-12H2,1-9H3,(H,31,32)/t15-,16-,18+,19+/m0/s1. The largest absolute Gasteiger partial charge is 0.476 e. The minimum absolute atomic E-state index is 0.0182. The fraction of sp³-hybridized carbons (Fsp3) is 0.750. The number of aliphatic hydroxyl groups excluding tert-OH is 1. The first-order valence-corrected chi connectivity index (χ1v) is 12.4. The van der Waals surface area contributed by atoms with Gasteiger partial charge in [-0.25, -0.2) is 9.78 Å². The molecule has 4 atom stereocenters. The fourth-order valence-corrected chi connectivity index (χ4v) is 4.48. The molecule has 33 heavy (non-hydrogen) atoms. The number of aliphatic hydroxyl groups is 1. The number of amides is 1. The number of carboxylic acids is 1. The number of carboxylic acid groups (broad SMARTS) is 1. The highest BCUT2D eigenvalue weighted by molar-refractivity contribution is 7.09. The van der Waals surface area contributed by atoms with Gasteiger partial charge in [0.1, 0.15) is 11.1 Å². The average Bonchev–Trinajstić information content (AvgIpc) is 3.24. The third-order valence-electron chi connectivity index (χ3n) is 6.96. The maximum Gasteiger partial charge on any atom is 0.355 e. The van der Waals surface area contributed by atoms with E-state index in [9.17, 15) is 19.5 Å². The van der Waals surface area contributed by atoms with Gasteiger partial charge in [0, 0.05) is 37.2 Å². The number of nitrogens with zero attached hydrogens (tertiary/aromatic N) is 3. The Balaban J connectivity index is 3.10. The number of aromatic carboxylic acids is 1. The Morgan fingerprint density at radius 3 is 2.15 bits per heavy atom. The minimum Gasteiger partial charge on any atom is -0.476 e. The Bertz CT molecular complexity index is 821. The molecule has 0 aliphatic rings. The number of Topliss-reactive ketones (excluding diaryl/α,β-unsaturated/α-hetero) is 1. The lowest BCUT2D eigenvalue weighted by Crippen LogP contribution is -2.50. The first kappa shape index (κ1) is 29.2. The van der Waals surface area contributed by atoms with E-state index in [0.29, 0.717) is 5.01 Å². The van der Waals surface area contributed by atoms with Gasteiger partial charge < -0.3 is 15.1 Å². The van der Waals surface area contributed by atoms with Crippen LogP contribution in [0.2, 0.25) is 0 Å². The molecule has 0 aromatic carbocycles. The molecule has 1 aromatic rings. The molecule has 0 unspecified atom stereocenters. The highest BCUT2D eigenvalue weighted by atomic mass is 32.1. The molecule has 0 aliphatic heterocycles. The van der Waals surface area contributed by atoms with E-state index in [1.165, 1.54) is 5.38 Å². The van der Waals surface area contributed by atoms with Crippen molar-refractivity contribution in [3.63, 3.8) is 0 Å². The maximum absolute atomic E-state index is 13.6. The Morgan fingerprint density at radius 1 is 1.15 bits per heavy atom. The van der Waals surface area contributed by atoms with Crippen molar-refractivity contribution in [3.05, 3.63) is 16.1 Å². The molecule has 0 aliphatic carbocycles. The zero-order chi connectivity index (χ0) is 25.7. The summed E-state index contributed by atoms with van der Waals surface area (Å²) < 4.78 is 0. The smallest absolute Gasteiger partial charge is 0.355 e. The van der Waals surface area contributed by atoms with Crippen LogP contribution in [0, 0.1) is 17.8 Å². The second-order valence-electron chi connectivity index (χ2n) is 9.96. The maximum atomic E-state index is 13.6. The summed E-state index contributed by atoms with van der Waals surface area (Å²) in [5, 5.41) is 21.5. The van der Waals surface area contributed by atoms with E-state index in [4.69, 9.17) is 5.11 Å². The van der Waals surface area contributed by atoms with Crippen LogP contribution < -0.4 is 0 Å². The molecule has 0 bridgehead atoms. The third-order valence-corrected chi connectivity index (χ3v) is 7.91. The van der Waals surface area contributed by atoms with Crippen LogP contribution in [0.25, 0.3) is 0 Å². The molecule has 2 N–H and O–H groups in total. The molecule has 188 valence electrons. The highest BCUT2D eigenvalue weighted by Crippen LogP contribution is 2.30. The third kappa shape index (κ3) is 7.32. The van der Waals surface area contributed by atoms with Gasteiger partial charge in [-0.15, -0.1) is 11.3 Å². The summed E-state index contributed by atoms with van der Waals surface area (Å²) in [6.07, 6.45) is 0.177. The summed E-state index contributed by atoms with van der Waals surface area (Å²) in [4.78, 5) is 45.3. The molecular formula is C24H41N3O5S. The van der Waals surface area contributed by atoms with Crippen molar-refractivity contribution >= 4 is 29.0 Å². The van der Waals surface area contributed by atoms with E-state index in [2.05, 4.69) is 4.98 Å². The van der Waals surface area contributed by atoms with Gasteiger partial charge in [0.05, 0.1) is 5.54 Å². The normalized spacial score (nSPS) is 15.9. The van der Waals surface area contributed by atoms with Gasteiger partial charge in [-0.3, -0.25) is 14.5 Å². The van der Waals surface area contributed by atoms with E-state index in [-0.39, 0.29) is 48.1 Å². The lowest BCUT2D eigenvalue weighted by atomic mass is 9.81. The van der Waals surface area contributed by atoms with Crippen molar-refractivity contribution < 1.29 is 24.6 Å². The summed E-state index contributed by atoms with van der Waals surface area (Å²) in [5.74, 6) is -1.62. The highest BCUT2D eigenvalue weighted by Gasteiger charge is 2.38. The lowest BCUT2D eigenvalue weighted by molar-refractivity contribution is -0.143. The number of carbonyl (C=O) groups excluding carboxylic acids is 2. The number of thiazole rings is 1. The monoisotopic (exact) mass is 483 g/mol. The van der Waals surface area contributed by atoms with Gasteiger partial charge in [-0.1, -0.05) is 34.1 Å². The van der Waals surface area contributed by atoms with Crippen molar-refractivity contribution in [2.75, 3.05) is 21.1 Å². The van der Waals surface area contributed by atoms with Gasteiger partial charge in [-0.2, -0.15) is 0 Å². The molecule has 1 aromatic heterocycles. The molecule has 0 saturated heterocycles. The predicted molar refractivity (Wildman–Crippen MR) is 130 cm³/mol. The second kappa shape index (κ2) is 12.0. The van der Waals surface area contributed by atoms with Crippen LogP contribution in [0.4, 0.5) is 0 Å². The Hall–Kier alpha value is -1.84. The Labute approximate surface area is 202 Å². The molecule has 1 rings (SSSR count). The van der Waals surface area contributed by atoms with Gasteiger partial charge in [0.25, 0.3) is 0 Å². The van der Waals surface area contributed by atoms with E-state index >= 15 is 0 Å². The molecule has 1 amide bonds. The SMILES string of the molecule is CC[C@H](C)[C@H](CC(=O)C(C)(C)N(C)C)C(=O)N(C)[C@H](C[C@@H](O)c1nc(C(=O)O)cs1)C(C)C. The van der Waals surface area contributed by atoms with Crippen LogP contribution in [0.3, 0.4) is 0 Å². The number of aromatic nitrogens is 1. The van der Waals surface area contributed by atoms with Crippen LogP contribution in [0.5, 0.6) is 0 Å². The minimum atomic E-state index is -1.14. The summed E-state index contributed by atoms with van der Waals surface area (Å²) in [6, 6.07) is -0.298. The Kier molecular flexibility index (Phi) is 10.6. The van der Waals surface area contributed by atoms with E-state index in [1.807, 2.05) is 60.5 Å². The molecule has 0 radical (unpaired) electrons. The molecule has 9 heteroatoms. The number of likely N-dealkylation sites (N-methyl/N-ethyl adjacent to an activating group) is 1. The van der Waals surface area contributed by atoms with Crippen molar-refractivity contribution in [2.45, 2.75) is 78.5 Å². The quantitative estimate of drug-likeness (QED) is 0.440. The Morgan fingerprint density at radius 2 is 1.73 bits per heavy atom. The summed E-state index contributed by atoms with van der Waals surface area (Å²) in [7, 11) is 5.44. The molecule has 0 spiro atoms. The first-order valence-electron chi connectivity index (χ1n) is 11.5. The van der Waals surface area contributed by atoms with Gasteiger partial charge in [-0.05, 0) is 39.8 Å². The summed E-state index contributed by atoms with van der Waals surface area (Å²) in [6.45, 7) is 11.7. The van der Waals surface area contributed by atoms with Crippen LogP contribution in [-0.2, 0) is 9.59 Å². The molecule has 1 heterocycles. The molecule has 0 fully saturated rings. The number of rotatable bonds is 13. The molecule has 0 saturated carbocycles. The predicted octanol–water partition coefficient (Wildman–Crippen LogP) is 3.71. The zero-order valence-electron chi connectivity index (χ0n) is 21.5.